The lowest BCUT2D eigenvalue weighted by Gasteiger charge is -2.17. The standard InChI is InChI=1S/C63H39N5/c1-3-16-40(17-4-1)44-22-15-23-46(36-44)62-64-61(43-20-5-2-6-21-43)65-63(66-62)59-49-24-9-7-18-41(49)32-35-57(59)68-56-29-14-12-27-52(56)54-38-45-30-33-48(37-47(45)39-58(54)68)67-55-28-13-11-26-51(55)53-34-31-42-19-8-10-25-50(42)60(53)67/h1-39H. The monoisotopic (exact) mass is 865 g/mol. The summed E-state index contributed by atoms with van der Waals surface area (Å²) in [6.45, 7) is 0. The number of hydrogen-bond donors (Lipinski definition) is 0. The zero-order valence-corrected chi connectivity index (χ0v) is 36.8. The van der Waals surface area contributed by atoms with Crippen LogP contribution in [0, 0.1) is 0 Å². The highest BCUT2D eigenvalue weighted by molar-refractivity contribution is 6.19. The van der Waals surface area contributed by atoms with Gasteiger partial charge in [-0.2, -0.15) is 0 Å². The number of rotatable bonds is 6. The molecule has 316 valence electrons. The van der Waals surface area contributed by atoms with Crippen molar-refractivity contribution in [1.82, 2.24) is 24.1 Å². The molecular weight excluding hydrogens is 827 g/mol. The number of hydrogen-bond acceptors (Lipinski definition) is 3. The minimum Gasteiger partial charge on any atom is -0.309 e. The summed E-state index contributed by atoms with van der Waals surface area (Å²) < 4.78 is 4.88. The van der Waals surface area contributed by atoms with Crippen molar-refractivity contribution in [3.8, 4) is 56.7 Å². The molecule has 11 aromatic carbocycles. The van der Waals surface area contributed by atoms with E-state index in [4.69, 9.17) is 15.0 Å². The molecule has 3 aromatic heterocycles. The lowest BCUT2D eigenvalue weighted by Crippen LogP contribution is -2.04. The molecule has 0 aliphatic heterocycles. The van der Waals surface area contributed by atoms with Crippen molar-refractivity contribution in [2.45, 2.75) is 0 Å². The number of nitrogens with zero attached hydrogens (tertiary/aromatic N) is 5. The van der Waals surface area contributed by atoms with Gasteiger partial charge in [0.15, 0.2) is 17.5 Å². The van der Waals surface area contributed by atoms with Crippen LogP contribution in [-0.2, 0) is 0 Å². The fourth-order valence-corrected chi connectivity index (χ4v) is 10.6. The summed E-state index contributed by atoms with van der Waals surface area (Å²) in [6.07, 6.45) is 0. The summed E-state index contributed by atoms with van der Waals surface area (Å²) in [4.78, 5) is 16.0. The van der Waals surface area contributed by atoms with Gasteiger partial charge in [-0.05, 0) is 86.6 Å². The average Bonchev–Trinajstić information content (AvgIpc) is 3.92. The smallest absolute Gasteiger partial charge is 0.166 e. The predicted octanol–water partition coefficient (Wildman–Crippen LogP) is 16.2. The summed E-state index contributed by atoms with van der Waals surface area (Å²) >= 11 is 0. The molecular formula is C63H39N5. The predicted molar refractivity (Wildman–Crippen MR) is 283 cm³/mol. The van der Waals surface area contributed by atoms with Crippen LogP contribution in [0.2, 0.25) is 0 Å². The van der Waals surface area contributed by atoms with Crippen molar-refractivity contribution in [1.29, 1.82) is 0 Å². The summed E-state index contributed by atoms with van der Waals surface area (Å²) in [5, 5.41) is 11.8. The van der Waals surface area contributed by atoms with E-state index in [0.29, 0.717) is 17.5 Å². The van der Waals surface area contributed by atoms with E-state index >= 15 is 0 Å². The molecule has 0 radical (unpaired) electrons. The zero-order valence-electron chi connectivity index (χ0n) is 36.8. The Kier molecular flexibility index (Phi) is 8.52. The van der Waals surface area contributed by atoms with Crippen molar-refractivity contribution in [3.63, 3.8) is 0 Å². The van der Waals surface area contributed by atoms with Crippen molar-refractivity contribution >= 4 is 75.9 Å². The molecule has 0 spiro atoms. The van der Waals surface area contributed by atoms with Crippen LogP contribution in [0.3, 0.4) is 0 Å². The van der Waals surface area contributed by atoms with E-state index in [1.54, 1.807) is 0 Å². The third-order valence-electron chi connectivity index (χ3n) is 13.7. The summed E-state index contributed by atoms with van der Waals surface area (Å²) in [7, 11) is 0. The molecule has 14 rings (SSSR count). The lowest BCUT2D eigenvalue weighted by atomic mass is 10.0. The van der Waals surface area contributed by atoms with E-state index < -0.39 is 0 Å². The van der Waals surface area contributed by atoms with E-state index in [1.165, 1.54) is 48.7 Å². The molecule has 14 aromatic rings. The van der Waals surface area contributed by atoms with Gasteiger partial charge in [-0.25, -0.2) is 15.0 Å². The van der Waals surface area contributed by atoms with Crippen LogP contribution in [0.5, 0.6) is 0 Å². The van der Waals surface area contributed by atoms with Gasteiger partial charge in [-0.15, -0.1) is 0 Å². The van der Waals surface area contributed by atoms with Crippen LogP contribution in [-0.4, -0.2) is 24.1 Å². The van der Waals surface area contributed by atoms with Crippen LogP contribution in [0.1, 0.15) is 0 Å². The maximum absolute atomic E-state index is 5.44. The van der Waals surface area contributed by atoms with Gasteiger partial charge in [0.1, 0.15) is 0 Å². The largest absolute Gasteiger partial charge is 0.309 e. The van der Waals surface area contributed by atoms with Crippen LogP contribution < -0.4 is 0 Å². The SMILES string of the molecule is c1ccc(-c2cccc(-c3nc(-c4ccccc4)nc(-c4c(-n5c6ccccc6c6cc7ccc(-n8c9ccccc9c9ccc%10ccccc%10c98)cc7cc65)ccc5ccccc45)n3)c2)cc1. The van der Waals surface area contributed by atoms with E-state index in [-0.39, 0.29) is 0 Å². The van der Waals surface area contributed by atoms with Crippen molar-refractivity contribution in [3.05, 3.63) is 237 Å². The Labute approximate surface area is 391 Å². The average molecular weight is 866 g/mol. The van der Waals surface area contributed by atoms with Crippen molar-refractivity contribution < 1.29 is 0 Å². The summed E-state index contributed by atoms with van der Waals surface area (Å²) in [6, 6.07) is 84.7. The molecule has 0 unspecified atom stereocenters. The Morgan fingerprint density at radius 2 is 0.824 bits per heavy atom. The van der Waals surface area contributed by atoms with Gasteiger partial charge in [0, 0.05) is 43.7 Å². The van der Waals surface area contributed by atoms with Crippen molar-refractivity contribution in [2.75, 3.05) is 0 Å². The molecule has 5 heteroatoms. The van der Waals surface area contributed by atoms with E-state index in [0.717, 1.165) is 66.4 Å². The highest BCUT2D eigenvalue weighted by Crippen LogP contribution is 2.42. The maximum atomic E-state index is 5.44. The zero-order chi connectivity index (χ0) is 44.7. The Bertz CT molecular complexity index is 4320. The first-order chi connectivity index (χ1) is 33.7. The molecule has 68 heavy (non-hydrogen) atoms. The molecule has 3 heterocycles. The molecule has 0 bridgehead atoms. The highest BCUT2D eigenvalue weighted by atomic mass is 15.1. The maximum Gasteiger partial charge on any atom is 0.166 e. The first kappa shape index (κ1) is 38.1. The van der Waals surface area contributed by atoms with E-state index in [1.807, 2.05) is 24.3 Å². The number of fused-ring (bicyclic) bond motifs is 10. The molecule has 0 amide bonds. The van der Waals surface area contributed by atoms with Crippen LogP contribution >= 0.6 is 0 Å². The third kappa shape index (κ3) is 5.99. The van der Waals surface area contributed by atoms with Crippen LogP contribution in [0.15, 0.2) is 237 Å². The molecule has 0 saturated heterocycles. The van der Waals surface area contributed by atoms with E-state index in [2.05, 4.69) is 221 Å². The first-order valence-corrected chi connectivity index (χ1v) is 23.1. The van der Waals surface area contributed by atoms with Crippen LogP contribution in [0.4, 0.5) is 0 Å². The minimum absolute atomic E-state index is 0.610. The third-order valence-corrected chi connectivity index (χ3v) is 13.7. The number of benzene rings is 11. The molecule has 0 aliphatic rings. The highest BCUT2D eigenvalue weighted by Gasteiger charge is 2.23. The van der Waals surface area contributed by atoms with Gasteiger partial charge in [0.25, 0.3) is 0 Å². The topological polar surface area (TPSA) is 48.5 Å². The Hall–Kier alpha value is -9.19. The van der Waals surface area contributed by atoms with Gasteiger partial charge in [-0.1, -0.05) is 188 Å². The Morgan fingerprint density at radius 3 is 1.60 bits per heavy atom. The van der Waals surface area contributed by atoms with Gasteiger partial charge >= 0.3 is 0 Å². The molecule has 0 fully saturated rings. The second-order valence-corrected chi connectivity index (χ2v) is 17.6. The minimum atomic E-state index is 0.610. The summed E-state index contributed by atoms with van der Waals surface area (Å²) in [5.74, 6) is 1.84. The second kappa shape index (κ2) is 15.2. The number of aromatic nitrogens is 5. The van der Waals surface area contributed by atoms with E-state index in [9.17, 15) is 0 Å². The van der Waals surface area contributed by atoms with Gasteiger partial charge in [-0.3, -0.25) is 0 Å². The van der Waals surface area contributed by atoms with Crippen molar-refractivity contribution in [2.24, 2.45) is 0 Å². The Morgan fingerprint density at radius 1 is 0.265 bits per heavy atom. The van der Waals surface area contributed by atoms with Crippen LogP contribution in [0.25, 0.3) is 133 Å². The quantitative estimate of drug-likeness (QED) is 0.167. The normalized spacial score (nSPS) is 11.8. The molecule has 5 nitrogen and oxygen atoms in total. The molecule has 0 atom stereocenters. The fourth-order valence-electron chi connectivity index (χ4n) is 10.6. The van der Waals surface area contributed by atoms with Gasteiger partial charge < -0.3 is 9.13 Å². The molecule has 0 saturated carbocycles. The lowest BCUT2D eigenvalue weighted by molar-refractivity contribution is 1.07. The number of para-hydroxylation sites is 2. The summed E-state index contributed by atoms with van der Waals surface area (Å²) in [5.41, 5.74) is 11.8. The first-order valence-electron chi connectivity index (χ1n) is 23.1. The Balaban J connectivity index is 1.03. The van der Waals surface area contributed by atoms with Gasteiger partial charge in [0.2, 0.25) is 0 Å². The van der Waals surface area contributed by atoms with Gasteiger partial charge in [0.05, 0.1) is 33.3 Å². The molecule has 0 N–H and O–H groups in total. The second-order valence-electron chi connectivity index (χ2n) is 17.6. The molecule has 0 aliphatic carbocycles. The fraction of sp³-hybridized carbons (Fsp3) is 0.